The number of halogens is 2. The Labute approximate surface area is 415 Å². The van der Waals surface area contributed by atoms with Crippen LogP contribution in [0, 0.1) is 34.3 Å². The third-order valence-corrected chi connectivity index (χ3v) is 10.6. The molecule has 0 saturated carbocycles. The maximum absolute atomic E-state index is 14.9. The van der Waals surface area contributed by atoms with Gasteiger partial charge in [0.25, 0.3) is 11.8 Å². The van der Waals surface area contributed by atoms with Gasteiger partial charge in [-0.3, -0.25) is 9.59 Å². The van der Waals surface area contributed by atoms with Crippen LogP contribution in [-0.2, 0) is 9.59 Å². The van der Waals surface area contributed by atoms with Crippen molar-refractivity contribution in [3.05, 3.63) is 188 Å². The Balaban J connectivity index is 0.893. The number of anilines is 5. The minimum atomic E-state index is -1.12. The van der Waals surface area contributed by atoms with Crippen LogP contribution in [-0.4, -0.2) is 45.3 Å². The molecule has 8 rings (SSSR count). The maximum Gasteiger partial charge on any atom is 0.266 e. The second-order valence-corrected chi connectivity index (χ2v) is 15.5. The van der Waals surface area contributed by atoms with Crippen LogP contribution in [0.2, 0.25) is 0 Å². The second kappa shape index (κ2) is 22.2. The zero-order valence-corrected chi connectivity index (χ0v) is 38.4. The number of carbonyl (C=O) groups excluding carboxylic acids is 2. The number of ether oxygens (including phenoxy) is 4. The smallest absolute Gasteiger partial charge is 0.266 e. The molecule has 8 aromatic rings. The zero-order valence-electron chi connectivity index (χ0n) is 38.4. The van der Waals surface area contributed by atoms with Crippen molar-refractivity contribution in [1.82, 2.24) is 19.9 Å². The minimum absolute atomic E-state index is 0.0182. The molecule has 6 N–H and O–H groups in total. The summed E-state index contributed by atoms with van der Waals surface area (Å²) < 4.78 is 53.4. The molecule has 0 atom stereocenters. The summed E-state index contributed by atoms with van der Waals surface area (Å²) in [5, 5.41) is 23.8. The fraction of sp³-hybridized carbons (Fsp3) is 0.0370. The summed E-state index contributed by atoms with van der Waals surface area (Å²) in [6.45, 7) is 3.46. The molecule has 0 aliphatic carbocycles. The van der Waals surface area contributed by atoms with Gasteiger partial charge in [-0.2, -0.15) is 10.5 Å². The van der Waals surface area contributed by atoms with Gasteiger partial charge in [0.15, 0.2) is 11.6 Å². The Kier molecular flexibility index (Phi) is 14.8. The fourth-order valence-corrected chi connectivity index (χ4v) is 6.91. The van der Waals surface area contributed by atoms with Crippen molar-refractivity contribution >= 4 is 40.5 Å². The normalized spacial score (nSPS) is 10.8. The standard InChI is InChI=1S/C54H39F2N11O6/c1-32(28-57)51(68)66-45-27-46(44(56)26-43(45)55)73-54-48(50(60)62-31-64-54)34-16-20-40(21-17-34)71-42-13-7-9-37(25-42)67(2)23-22-35(29-58)52(69)65-36-8-6-12-41(24-36)72-53-47(49(59)61-30-63-53)33-14-18-39(19-15-33)70-38-10-4-3-5-11-38/h3-22,24-27,30-31H,1,23H2,2H3,(H,65,69)(H,66,68)(H2,59,61,63)(H2,60,62,64). The molecule has 0 spiro atoms. The molecule has 2 heterocycles. The van der Waals surface area contributed by atoms with Crippen molar-refractivity contribution in [2.24, 2.45) is 0 Å². The summed E-state index contributed by atoms with van der Waals surface area (Å²) >= 11 is 0. The molecule has 17 nitrogen and oxygen atoms in total. The first-order valence-corrected chi connectivity index (χ1v) is 21.8. The average Bonchev–Trinajstić information content (AvgIpc) is 3.39. The van der Waals surface area contributed by atoms with Crippen LogP contribution in [0.1, 0.15) is 0 Å². The molecule has 360 valence electrons. The van der Waals surface area contributed by atoms with Gasteiger partial charge in [-0.05, 0) is 77.9 Å². The lowest BCUT2D eigenvalue weighted by Crippen LogP contribution is -2.19. The van der Waals surface area contributed by atoms with E-state index in [-0.39, 0.29) is 41.1 Å². The molecule has 2 aromatic heterocycles. The van der Waals surface area contributed by atoms with E-state index < -0.39 is 40.5 Å². The van der Waals surface area contributed by atoms with Gasteiger partial charge < -0.3 is 45.9 Å². The first kappa shape index (κ1) is 48.8. The van der Waals surface area contributed by atoms with Gasteiger partial charge in [-0.1, -0.05) is 61.2 Å². The molecule has 6 aromatic carbocycles. The van der Waals surface area contributed by atoms with E-state index in [0.717, 1.165) is 12.4 Å². The monoisotopic (exact) mass is 975 g/mol. The molecule has 2 amide bonds. The molecule has 19 heteroatoms. The van der Waals surface area contributed by atoms with Gasteiger partial charge in [-0.15, -0.1) is 0 Å². The molecule has 0 fully saturated rings. The number of nitrogens with zero attached hydrogens (tertiary/aromatic N) is 7. The van der Waals surface area contributed by atoms with Crippen LogP contribution in [0.25, 0.3) is 22.3 Å². The highest BCUT2D eigenvalue weighted by Gasteiger charge is 2.21. The van der Waals surface area contributed by atoms with E-state index in [2.05, 4.69) is 37.1 Å². The number of amides is 2. The predicted octanol–water partition coefficient (Wildman–Crippen LogP) is 10.8. The Bertz CT molecular complexity index is 3490. The van der Waals surface area contributed by atoms with Crippen LogP contribution in [0.4, 0.5) is 37.5 Å². The van der Waals surface area contributed by atoms with Gasteiger partial charge in [0.05, 0.1) is 16.8 Å². The number of nitrogen functional groups attached to an aromatic ring is 2. The number of nitrogens with one attached hydrogen (secondary N) is 2. The summed E-state index contributed by atoms with van der Waals surface area (Å²) in [5.74, 6) is -1.64. The second-order valence-electron chi connectivity index (χ2n) is 15.5. The summed E-state index contributed by atoms with van der Waals surface area (Å²) in [5.41, 5.74) is 14.3. The van der Waals surface area contributed by atoms with Gasteiger partial charge >= 0.3 is 0 Å². The van der Waals surface area contributed by atoms with Gasteiger partial charge in [0.2, 0.25) is 11.8 Å². The lowest BCUT2D eigenvalue weighted by molar-refractivity contribution is -0.113. The summed E-state index contributed by atoms with van der Waals surface area (Å²) in [4.78, 5) is 44.0. The van der Waals surface area contributed by atoms with Gasteiger partial charge in [0.1, 0.15) is 82.1 Å². The van der Waals surface area contributed by atoms with Crippen molar-refractivity contribution in [3.8, 4) is 80.6 Å². The number of hydrogen-bond donors (Lipinski definition) is 4. The molecule has 0 saturated heterocycles. The number of para-hydroxylation sites is 1. The molecule has 73 heavy (non-hydrogen) atoms. The van der Waals surface area contributed by atoms with Gasteiger partial charge in [-0.25, -0.2) is 28.7 Å². The quantitative estimate of drug-likeness (QED) is 0.0489. The predicted molar refractivity (Wildman–Crippen MR) is 269 cm³/mol. The largest absolute Gasteiger partial charge is 0.457 e. The van der Waals surface area contributed by atoms with Crippen molar-refractivity contribution in [3.63, 3.8) is 0 Å². The summed E-state index contributed by atoms with van der Waals surface area (Å²) in [6, 6.07) is 41.8. The fourth-order valence-electron chi connectivity index (χ4n) is 6.91. The Morgan fingerprint density at radius 1 is 0.630 bits per heavy atom. The molecule has 0 aliphatic heterocycles. The van der Waals surface area contributed by atoms with Crippen LogP contribution in [0.3, 0.4) is 0 Å². The molecule has 0 aliphatic rings. The number of nitrogens with two attached hydrogens (primary N) is 2. The number of benzene rings is 6. The first-order valence-electron chi connectivity index (χ1n) is 21.8. The Morgan fingerprint density at radius 3 is 1.81 bits per heavy atom. The lowest BCUT2D eigenvalue weighted by Gasteiger charge is -2.18. The van der Waals surface area contributed by atoms with E-state index in [0.29, 0.717) is 62.9 Å². The summed E-state index contributed by atoms with van der Waals surface area (Å²) in [7, 11) is 1.78. The van der Waals surface area contributed by atoms with E-state index in [1.807, 2.05) is 59.5 Å². The molecular formula is C54H39F2N11O6. The van der Waals surface area contributed by atoms with E-state index in [1.54, 1.807) is 92.0 Å². The van der Waals surface area contributed by atoms with E-state index >= 15 is 0 Å². The zero-order chi connectivity index (χ0) is 51.4. The molecule has 0 radical (unpaired) electrons. The third-order valence-electron chi connectivity index (χ3n) is 10.6. The molecular weight excluding hydrogens is 937 g/mol. The number of likely N-dealkylation sites (N-methyl/N-ethyl adjacent to an activating group) is 1. The first-order chi connectivity index (χ1) is 35.3. The number of carbonyl (C=O) groups is 2. The summed E-state index contributed by atoms with van der Waals surface area (Å²) in [6.07, 6.45) is 3.89. The number of aromatic nitrogens is 4. The highest BCUT2D eigenvalue weighted by molar-refractivity contribution is 6.07. The number of rotatable bonds is 17. The van der Waals surface area contributed by atoms with E-state index in [9.17, 15) is 23.6 Å². The van der Waals surface area contributed by atoms with Crippen LogP contribution < -0.4 is 45.9 Å². The van der Waals surface area contributed by atoms with Crippen molar-refractivity contribution in [1.29, 1.82) is 10.5 Å². The van der Waals surface area contributed by atoms with Crippen molar-refractivity contribution in [2.45, 2.75) is 0 Å². The third kappa shape index (κ3) is 12.0. The van der Waals surface area contributed by atoms with Crippen LogP contribution in [0.15, 0.2) is 176 Å². The average molecular weight is 976 g/mol. The van der Waals surface area contributed by atoms with Crippen molar-refractivity contribution in [2.75, 3.05) is 40.6 Å². The van der Waals surface area contributed by atoms with E-state index in [1.165, 1.54) is 12.4 Å². The maximum atomic E-state index is 14.9. The Morgan fingerprint density at radius 2 is 1.19 bits per heavy atom. The highest BCUT2D eigenvalue weighted by atomic mass is 19.1. The highest BCUT2D eigenvalue weighted by Crippen LogP contribution is 2.39. The van der Waals surface area contributed by atoms with Crippen molar-refractivity contribution < 1.29 is 37.3 Å². The lowest BCUT2D eigenvalue weighted by atomic mass is 10.1. The molecule has 0 unspecified atom stereocenters. The topological polar surface area (TPSA) is 250 Å². The SMILES string of the molecule is C=C(C#N)C(=O)Nc1cc(Oc2ncnc(N)c2-c2ccc(Oc3cccc(N(C)CC=C(C#N)C(=O)Nc4cccc(Oc5ncnc(N)c5-c5ccc(Oc6ccccc6)cc5)c4)c3)cc2)c(F)cc1F. The minimum Gasteiger partial charge on any atom is -0.457 e. The number of hydrogen-bond acceptors (Lipinski definition) is 15. The van der Waals surface area contributed by atoms with Crippen LogP contribution >= 0.6 is 0 Å². The Hall–Kier alpha value is -10.7. The van der Waals surface area contributed by atoms with E-state index in [4.69, 9.17) is 35.7 Å². The number of nitriles is 2. The molecule has 0 bridgehead atoms. The van der Waals surface area contributed by atoms with Gasteiger partial charge in [0, 0.05) is 49.2 Å². The van der Waals surface area contributed by atoms with Crippen LogP contribution in [0.5, 0.6) is 46.3 Å².